The molecule has 5 atom stereocenters. The molecule has 0 aromatic carbocycles. The van der Waals surface area contributed by atoms with E-state index in [0.717, 1.165) is 44.9 Å². The van der Waals surface area contributed by atoms with Gasteiger partial charge in [0.1, 0.15) is 11.8 Å². The van der Waals surface area contributed by atoms with Gasteiger partial charge in [0.2, 0.25) is 17.6 Å². The Bertz CT molecular complexity index is 1650. The number of likely N-dealkylation sites (tertiary alicyclic amines) is 1. The van der Waals surface area contributed by atoms with Crippen molar-refractivity contribution >= 4 is 46.5 Å². The molecule has 54 heavy (non-hydrogen) atoms. The molecule has 2 aromatic heterocycles. The Morgan fingerprint density at radius 3 is 2.31 bits per heavy atom. The highest BCUT2D eigenvalue weighted by Gasteiger charge is 2.47. The van der Waals surface area contributed by atoms with Crippen LogP contribution in [-0.2, 0) is 24.0 Å². The molecule has 13 heteroatoms. The van der Waals surface area contributed by atoms with Crippen molar-refractivity contribution in [3.8, 4) is 5.88 Å². The lowest BCUT2D eigenvalue weighted by Crippen LogP contribution is -2.51. The molecule has 2 aromatic rings. The SMILES string of the molecule is CCC[C@H](CC(=O)[C@@H]1C[C@@H](Oc2ccc(Cl)cn2)CN1C(=O)[C@@H](CC(=O)[C@@H](NC(=O)c1cnccn1)C1CCCCC1)C(C)(C)C)C(=O)C(=O)CC1CC1. The van der Waals surface area contributed by atoms with Crippen LogP contribution < -0.4 is 10.1 Å². The fourth-order valence-corrected chi connectivity index (χ4v) is 7.96. The van der Waals surface area contributed by atoms with Crippen LogP contribution in [0.4, 0.5) is 0 Å². The van der Waals surface area contributed by atoms with Gasteiger partial charge in [-0.15, -0.1) is 0 Å². The normalized spacial score (nSPS) is 20.8. The summed E-state index contributed by atoms with van der Waals surface area (Å²) in [6, 6.07) is 1.49. The summed E-state index contributed by atoms with van der Waals surface area (Å²) < 4.78 is 6.17. The first kappa shape index (κ1) is 41.1. The number of nitrogens with zero attached hydrogens (tertiary/aromatic N) is 4. The van der Waals surface area contributed by atoms with Gasteiger partial charge in [0.25, 0.3) is 5.91 Å². The lowest BCUT2D eigenvalue weighted by atomic mass is 9.74. The van der Waals surface area contributed by atoms with Gasteiger partial charge in [-0.25, -0.2) is 9.97 Å². The van der Waals surface area contributed by atoms with E-state index in [1.807, 2.05) is 27.7 Å². The molecule has 3 heterocycles. The average Bonchev–Trinajstić information content (AvgIpc) is 3.88. The largest absolute Gasteiger partial charge is 0.472 e. The minimum absolute atomic E-state index is 0.0583. The second-order valence-corrected chi connectivity index (χ2v) is 16.9. The zero-order chi connectivity index (χ0) is 39.0. The summed E-state index contributed by atoms with van der Waals surface area (Å²) in [4.78, 5) is 96.7. The van der Waals surface area contributed by atoms with E-state index in [1.165, 1.54) is 29.7 Å². The molecule has 0 bridgehead atoms. The van der Waals surface area contributed by atoms with Crippen LogP contribution in [0.3, 0.4) is 0 Å². The van der Waals surface area contributed by atoms with Gasteiger partial charge in [-0.05, 0) is 55.4 Å². The van der Waals surface area contributed by atoms with E-state index in [9.17, 15) is 28.8 Å². The Labute approximate surface area is 323 Å². The van der Waals surface area contributed by atoms with Crippen LogP contribution in [0.25, 0.3) is 0 Å². The topological polar surface area (TPSA) is 166 Å². The highest BCUT2D eigenvalue weighted by atomic mass is 35.5. The van der Waals surface area contributed by atoms with Crippen molar-refractivity contribution < 1.29 is 33.5 Å². The van der Waals surface area contributed by atoms with Crippen LogP contribution in [-0.4, -0.2) is 79.5 Å². The summed E-state index contributed by atoms with van der Waals surface area (Å²) in [5, 5.41) is 3.37. The summed E-state index contributed by atoms with van der Waals surface area (Å²) in [6.45, 7) is 7.62. The maximum absolute atomic E-state index is 14.8. The van der Waals surface area contributed by atoms with E-state index in [4.69, 9.17) is 16.3 Å². The Hall–Kier alpha value is -4.06. The number of aromatic nitrogens is 3. The summed E-state index contributed by atoms with van der Waals surface area (Å²) >= 11 is 6.04. The van der Waals surface area contributed by atoms with Gasteiger partial charge in [-0.3, -0.25) is 33.8 Å². The Morgan fingerprint density at radius 2 is 1.70 bits per heavy atom. The molecule has 0 radical (unpaired) electrons. The minimum atomic E-state index is -0.939. The van der Waals surface area contributed by atoms with E-state index in [2.05, 4.69) is 20.3 Å². The van der Waals surface area contributed by atoms with E-state index in [0.29, 0.717) is 17.9 Å². The lowest BCUT2D eigenvalue weighted by molar-refractivity contribution is -0.147. The molecule has 2 aliphatic carbocycles. The first-order valence-electron chi connectivity index (χ1n) is 19.5. The Morgan fingerprint density at radius 1 is 0.963 bits per heavy atom. The zero-order valence-electron chi connectivity index (χ0n) is 31.9. The predicted molar refractivity (Wildman–Crippen MR) is 202 cm³/mol. The third-order valence-corrected chi connectivity index (χ3v) is 11.3. The van der Waals surface area contributed by atoms with Crippen molar-refractivity contribution in [2.24, 2.45) is 29.1 Å². The molecule has 1 aliphatic heterocycles. The highest BCUT2D eigenvalue weighted by Crippen LogP contribution is 2.37. The fourth-order valence-electron chi connectivity index (χ4n) is 7.85. The molecule has 2 saturated carbocycles. The number of rotatable bonds is 18. The number of hydrogen-bond donors (Lipinski definition) is 1. The molecule has 1 N–H and O–H groups in total. The Kier molecular flexibility index (Phi) is 14.1. The van der Waals surface area contributed by atoms with Crippen molar-refractivity contribution in [3.05, 3.63) is 47.6 Å². The van der Waals surface area contributed by atoms with E-state index in [-0.39, 0.29) is 73.1 Å². The van der Waals surface area contributed by atoms with Crippen LogP contribution in [0.2, 0.25) is 5.02 Å². The fraction of sp³-hybridized carbons (Fsp3) is 0.634. The number of ether oxygens (including phenoxy) is 1. The number of Topliss-reactive ketones (excluding diaryl/α,β-unsaturated/α-hetero) is 4. The molecule has 1 saturated heterocycles. The molecule has 12 nitrogen and oxygen atoms in total. The first-order valence-corrected chi connectivity index (χ1v) is 19.9. The molecule has 5 rings (SSSR count). The second kappa shape index (κ2) is 18.5. The molecule has 0 spiro atoms. The second-order valence-electron chi connectivity index (χ2n) is 16.4. The van der Waals surface area contributed by atoms with E-state index in [1.54, 1.807) is 12.1 Å². The molecule has 3 fully saturated rings. The van der Waals surface area contributed by atoms with Crippen molar-refractivity contribution in [2.45, 2.75) is 129 Å². The lowest BCUT2D eigenvalue weighted by Gasteiger charge is -2.36. The standard InChI is InChI=1S/C41H54ClN5O7/c1-5-9-27(38(51)35(50)18-25-12-13-25)19-33(48)32-20-29(54-36-15-14-28(42)22-45-36)24-47(32)40(53)30(41(2,3)4)21-34(49)37(26-10-7-6-8-11-26)46-39(52)31-23-43-16-17-44-31/h14-17,22-23,25-27,29-30,32,37H,5-13,18-21,24H2,1-4H3,(H,46,52)/t27-,29-,30-,32+,37+/m1/s1. The molecule has 0 unspecified atom stereocenters. The van der Waals surface area contributed by atoms with Crippen LogP contribution in [0.1, 0.15) is 122 Å². The molecule has 2 amide bonds. The van der Waals surface area contributed by atoms with Crippen molar-refractivity contribution in [3.63, 3.8) is 0 Å². The molecule has 292 valence electrons. The van der Waals surface area contributed by atoms with Crippen LogP contribution in [0, 0.1) is 29.1 Å². The summed E-state index contributed by atoms with van der Waals surface area (Å²) in [7, 11) is 0. The van der Waals surface area contributed by atoms with Gasteiger partial charge in [0.05, 0.1) is 29.8 Å². The summed E-state index contributed by atoms with van der Waals surface area (Å²) in [6.07, 6.45) is 12.5. The molecular formula is C41H54ClN5O7. The van der Waals surface area contributed by atoms with Gasteiger partial charge in [0.15, 0.2) is 17.3 Å². The number of carbonyl (C=O) groups excluding carboxylic acids is 6. The number of halogens is 1. The maximum Gasteiger partial charge on any atom is 0.272 e. The van der Waals surface area contributed by atoms with Crippen LogP contribution >= 0.6 is 11.6 Å². The maximum atomic E-state index is 14.8. The number of carbonyl (C=O) groups is 6. The molecular weight excluding hydrogens is 710 g/mol. The summed E-state index contributed by atoms with van der Waals surface area (Å²) in [5.74, 6) is -3.57. The van der Waals surface area contributed by atoms with Crippen LogP contribution in [0.5, 0.6) is 5.88 Å². The van der Waals surface area contributed by atoms with Gasteiger partial charge < -0.3 is 15.0 Å². The minimum Gasteiger partial charge on any atom is -0.472 e. The van der Waals surface area contributed by atoms with Gasteiger partial charge in [0, 0.05) is 62.2 Å². The number of ketones is 4. The molecule has 3 aliphatic rings. The number of nitrogens with one attached hydrogen (secondary N) is 1. The monoisotopic (exact) mass is 763 g/mol. The number of pyridine rings is 1. The third-order valence-electron chi connectivity index (χ3n) is 11.1. The number of amides is 2. The van der Waals surface area contributed by atoms with Gasteiger partial charge in [-0.2, -0.15) is 0 Å². The van der Waals surface area contributed by atoms with Gasteiger partial charge in [-0.1, -0.05) is 65.0 Å². The smallest absolute Gasteiger partial charge is 0.272 e. The predicted octanol–water partition coefficient (Wildman–Crippen LogP) is 6.19. The Balaban J connectivity index is 1.39. The van der Waals surface area contributed by atoms with Crippen molar-refractivity contribution in [2.75, 3.05) is 6.54 Å². The highest BCUT2D eigenvalue weighted by molar-refractivity contribution is 6.38. The van der Waals surface area contributed by atoms with Crippen molar-refractivity contribution in [1.82, 2.24) is 25.2 Å². The van der Waals surface area contributed by atoms with E-state index < -0.39 is 52.9 Å². The van der Waals surface area contributed by atoms with Crippen LogP contribution in [0.15, 0.2) is 36.9 Å². The quantitative estimate of drug-likeness (QED) is 0.173. The van der Waals surface area contributed by atoms with Crippen molar-refractivity contribution in [1.29, 1.82) is 0 Å². The average molecular weight is 764 g/mol. The summed E-state index contributed by atoms with van der Waals surface area (Å²) in [5.41, 5.74) is -0.609. The number of hydrogen-bond acceptors (Lipinski definition) is 10. The van der Waals surface area contributed by atoms with E-state index >= 15 is 0 Å². The zero-order valence-corrected chi connectivity index (χ0v) is 32.7. The third kappa shape index (κ3) is 11.0. The first-order chi connectivity index (χ1) is 25.7. The van der Waals surface area contributed by atoms with Gasteiger partial charge >= 0.3 is 0 Å².